The van der Waals surface area contributed by atoms with E-state index in [1.165, 1.54) is 0 Å². The molecule has 1 aromatic carbocycles. The van der Waals surface area contributed by atoms with E-state index in [-0.39, 0.29) is 0 Å². The second-order valence-electron chi connectivity index (χ2n) is 3.11. The number of aldehydes is 1. The van der Waals surface area contributed by atoms with E-state index in [0.717, 1.165) is 17.6 Å². The van der Waals surface area contributed by atoms with Gasteiger partial charge in [0.05, 0.1) is 12.5 Å². The lowest BCUT2D eigenvalue weighted by Crippen LogP contribution is -1.93. The zero-order chi connectivity index (χ0) is 10.5. The molecule has 2 aromatic rings. The Hall–Kier alpha value is -2.03. The highest BCUT2D eigenvalue weighted by atomic mass is 16.5. The molecule has 0 N–H and O–H groups in total. The van der Waals surface area contributed by atoms with Gasteiger partial charge < -0.3 is 9.15 Å². The van der Waals surface area contributed by atoms with Gasteiger partial charge in [-0.1, -0.05) is 0 Å². The predicted octanol–water partition coefficient (Wildman–Crippen LogP) is 2.67. The van der Waals surface area contributed by atoms with Crippen molar-refractivity contribution in [3.63, 3.8) is 0 Å². The highest BCUT2D eigenvalue weighted by Gasteiger charge is 1.97. The summed E-state index contributed by atoms with van der Waals surface area (Å²) in [4.78, 5) is 10.4. The van der Waals surface area contributed by atoms with E-state index in [1.807, 2.05) is 6.07 Å². The van der Waals surface area contributed by atoms with Gasteiger partial charge in [-0.3, -0.25) is 4.79 Å². The molecule has 0 spiro atoms. The molecule has 0 fully saturated rings. The normalized spacial score (nSPS) is 9.87. The largest absolute Gasteiger partial charge is 0.489 e. The zero-order valence-corrected chi connectivity index (χ0v) is 8.05. The standard InChI is InChI=1S/C12H10O3/c13-7-10-1-3-12(4-2-10)15-9-11-5-6-14-8-11/h1-8H,9H2. The summed E-state index contributed by atoms with van der Waals surface area (Å²) >= 11 is 0. The van der Waals surface area contributed by atoms with Crippen LogP contribution in [0.3, 0.4) is 0 Å². The van der Waals surface area contributed by atoms with Gasteiger partial charge in [0.1, 0.15) is 18.6 Å². The highest BCUT2D eigenvalue weighted by Crippen LogP contribution is 2.13. The molecule has 0 bridgehead atoms. The van der Waals surface area contributed by atoms with Gasteiger partial charge in [0.25, 0.3) is 0 Å². The molecule has 0 radical (unpaired) electrons. The Morgan fingerprint density at radius 2 is 2.00 bits per heavy atom. The van der Waals surface area contributed by atoms with Crippen LogP contribution in [0, 0.1) is 0 Å². The van der Waals surface area contributed by atoms with Crippen LogP contribution in [0.5, 0.6) is 5.75 Å². The molecule has 3 heteroatoms. The van der Waals surface area contributed by atoms with Crippen LogP contribution < -0.4 is 4.74 Å². The molecule has 0 saturated carbocycles. The van der Waals surface area contributed by atoms with Crippen molar-refractivity contribution in [2.75, 3.05) is 0 Å². The Kier molecular flexibility index (Phi) is 2.83. The fourth-order valence-corrected chi connectivity index (χ4v) is 1.18. The van der Waals surface area contributed by atoms with E-state index in [2.05, 4.69) is 0 Å². The number of rotatable bonds is 4. The Bertz CT molecular complexity index is 415. The van der Waals surface area contributed by atoms with Gasteiger partial charge in [0, 0.05) is 11.1 Å². The molecule has 2 rings (SSSR count). The number of carbonyl (C=O) groups is 1. The number of furan rings is 1. The summed E-state index contributed by atoms with van der Waals surface area (Å²) in [5.74, 6) is 0.738. The third-order valence-electron chi connectivity index (χ3n) is 2.00. The third-order valence-corrected chi connectivity index (χ3v) is 2.00. The highest BCUT2D eigenvalue weighted by molar-refractivity contribution is 5.74. The molecule has 0 aliphatic heterocycles. The van der Waals surface area contributed by atoms with Gasteiger partial charge in [-0.05, 0) is 30.3 Å². The van der Waals surface area contributed by atoms with Crippen LogP contribution in [0.25, 0.3) is 0 Å². The Balaban J connectivity index is 1.96. The lowest BCUT2D eigenvalue weighted by Gasteiger charge is -2.03. The maximum atomic E-state index is 10.4. The Morgan fingerprint density at radius 3 is 2.60 bits per heavy atom. The lowest BCUT2D eigenvalue weighted by molar-refractivity contribution is 0.112. The van der Waals surface area contributed by atoms with Crippen molar-refractivity contribution in [1.29, 1.82) is 0 Å². The smallest absolute Gasteiger partial charge is 0.150 e. The summed E-state index contributed by atoms with van der Waals surface area (Å²) in [5.41, 5.74) is 1.63. The van der Waals surface area contributed by atoms with E-state index < -0.39 is 0 Å². The molecule has 3 nitrogen and oxygen atoms in total. The average molecular weight is 202 g/mol. The van der Waals surface area contributed by atoms with Crippen LogP contribution in [0.1, 0.15) is 15.9 Å². The van der Waals surface area contributed by atoms with Crippen LogP contribution in [-0.4, -0.2) is 6.29 Å². The topological polar surface area (TPSA) is 39.4 Å². The van der Waals surface area contributed by atoms with Gasteiger partial charge in [0.15, 0.2) is 0 Å². The molecule has 0 atom stereocenters. The van der Waals surface area contributed by atoms with E-state index in [9.17, 15) is 4.79 Å². The molecule has 76 valence electrons. The lowest BCUT2D eigenvalue weighted by atomic mass is 10.2. The minimum absolute atomic E-state index is 0.469. The maximum absolute atomic E-state index is 10.4. The van der Waals surface area contributed by atoms with E-state index in [4.69, 9.17) is 9.15 Å². The van der Waals surface area contributed by atoms with Gasteiger partial charge in [-0.25, -0.2) is 0 Å². The van der Waals surface area contributed by atoms with Gasteiger partial charge in [-0.15, -0.1) is 0 Å². The maximum Gasteiger partial charge on any atom is 0.150 e. The summed E-state index contributed by atoms with van der Waals surface area (Å²) in [6.07, 6.45) is 4.05. The molecule has 0 saturated heterocycles. The number of hydrogen-bond acceptors (Lipinski definition) is 3. The molecular weight excluding hydrogens is 192 g/mol. The second-order valence-corrected chi connectivity index (χ2v) is 3.11. The molecule has 0 amide bonds. The van der Waals surface area contributed by atoms with Crippen molar-refractivity contribution < 1.29 is 13.9 Å². The second kappa shape index (κ2) is 4.46. The van der Waals surface area contributed by atoms with Crippen LogP contribution >= 0.6 is 0 Å². The number of carbonyl (C=O) groups excluding carboxylic acids is 1. The van der Waals surface area contributed by atoms with Crippen molar-refractivity contribution in [2.45, 2.75) is 6.61 Å². The fraction of sp³-hybridized carbons (Fsp3) is 0.0833. The average Bonchev–Trinajstić information content (AvgIpc) is 2.80. The Morgan fingerprint density at radius 1 is 1.20 bits per heavy atom. The quantitative estimate of drug-likeness (QED) is 0.715. The van der Waals surface area contributed by atoms with E-state index in [0.29, 0.717) is 12.2 Å². The summed E-state index contributed by atoms with van der Waals surface area (Å²) in [7, 11) is 0. The molecule has 1 aromatic heterocycles. The van der Waals surface area contributed by atoms with Gasteiger partial charge in [-0.2, -0.15) is 0 Å². The Labute approximate surface area is 87.3 Å². The number of hydrogen-bond donors (Lipinski definition) is 0. The first kappa shape index (κ1) is 9.52. The molecule has 0 unspecified atom stereocenters. The number of benzene rings is 1. The molecule has 0 aliphatic carbocycles. The van der Waals surface area contributed by atoms with Crippen LogP contribution in [0.4, 0.5) is 0 Å². The van der Waals surface area contributed by atoms with Crippen molar-refractivity contribution in [3.05, 3.63) is 54.0 Å². The summed E-state index contributed by atoms with van der Waals surface area (Å²) < 4.78 is 10.4. The van der Waals surface area contributed by atoms with Gasteiger partial charge in [0.2, 0.25) is 0 Å². The van der Waals surface area contributed by atoms with Crippen LogP contribution in [0.2, 0.25) is 0 Å². The van der Waals surface area contributed by atoms with Crippen LogP contribution in [-0.2, 0) is 6.61 Å². The third kappa shape index (κ3) is 2.47. The SMILES string of the molecule is O=Cc1ccc(OCc2ccoc2)cc1. The van der Waals surface area contributed by atoms with E-state index in [1.54, 1.807) is 36.8 Å². The van der Waals surface area contributed by atoms with Crippen LogP contribution in [0.15, 0.2) is 47.3 Å². The minimum Gasteiger partial charge on any atom is -0.489 e. The molecule has 1 heterocycles. The monoisotopic (exact) mass is 202 g/mol. The molecule has 15 heavy (non-hydrogen) atoms. The predicted molar refractivity (Wildman–Crippen MR) is 54.9 cm³/mol. The van der Waals surface area contributed by atoms with Crippen molar-refractivity contribution in [3.8, 4) is 5.75 Å². The zero-order valence-electron chi connectivity index (χ0n) is 8.05. The van der Waals surface area contributed by atoms with Gasteiger partial charge >= 0.3 is 0 Å². The minimum atomic E-state index is 0.469. The molecule has 0 aliphatic rings. The summed E-state index contributed by atoms with van der Waals surface area (Å²) in [5, 5.41) is 0. The first-order valence-corrected chi connectivity index (χ1v) is 4.57. The van der Waals surface area contributed by atoms with Crippen molar-refractivity contribution in [1.82, 2.24) is 0 Å². The van der Waals surface area contributed by atoms with Crippen molar-refractivity contribution >= 4 is 6.29 Å². The summed E-state index contributed by atoms with van der Waals surface area (Å²) in [6.45, 7) is 0.469. The fourth-order valence-electron chi connectivity index (χ4n) is 1.18. The number of ether oxygens (including phenoxy) is 1. The van der Waals surface area contributed by atoms with E-state index >= 15 is 0 Å². The van der Waals surface area contributed by atoms with Crippen molar-refractivity contribution in [2.24, 2.45) is 0 Å². The first-order valence-electron chi connectivity index (χ1n) is 4.57. The summed E-state index contributed by atoms with van der Waals surface area (Å²) in [6, 6.07) is 8.82. The first-order chi connectivity index (χ1) is 7.38. The molecular formula is C12H10O3.